The first kappa shape index (κ1) is 13.5. The second kappa shape index (κ2) is 5.46. The van der Waals surface area contributed by atoms with Crippen LogP contribution in [0.1, 0.15) is 5.56 Å². The van der Waals surface area contributed by atoms with Gasteiger partial charge in [0.1, 0.15) is 5.69 Å². The van der Waals surface area contributed by atoms with E-state index in [0.29, 0.717) is 0 Å². The first-order chi connectivity index (χ1) is 10.2. The van der Waals surface area contributed by atoms with Crippen molar-refractivity contribution >= 4 is 22.1 Å². The molecular weight excluding hydrogens is 260 g/mol. The van der Waals surface area contributed by atoms with Crippen molar-refractivity contribution in [2.45, 2.75) is 6.92 Å². The van der Waals surface area contributed by atoms with E-state index >= 15 is 0 Å². The van der Waals surface area contributed by atoms with Crippen molar-refractivity contribution in [2.75, 3.05) is 12.1 Å². The van der Waals surface area contributed by atoms with Crippen LogP contribution < -0.4 is 15.6 Å². The molecule has 3 rings (SSSR count). The molecule has 3 aromatic rings. The minimum Gasteiger partial charge on any atom is -0.494 e. The first-order valence-electron chi connectivity index (χ1n) is 6.88. The Morgan fingerprint density at radius 1 is 0.905 bits per heavy atom. The van der Waals surface area contributed by atoms with Gasteiger partial charge >= 0.3 is 0 Å². The van der Waals surface area contributed by atoms with E-state index in [1.807, 2.05) is 48.5 Å². The van der Waals surface area contributed by atoms with Gasteiger partial charge in [-0.15, -0.1) is 0 Å². The van der Waals surface area contributed by atoms with Crippen molar-refractivity contribution in [1.29, 1.82) is 0 Å². The van der Waals surface area contributed by atoms with Gasteiger partial charge in [0.15, 0.2) is 5.75 Å². The largest absolute Gasteiger partial charge is 0.494 e. The van der Waals surface area contributed by atoms with E-state index in [1.54, 1.807) is 12.1 Å². The fourth-order valence-corrected chi connectivity index (χ4v) is 2.48. The van der Waals surface area contributed by atoms with Gasteiger partial charge < -0.3 is 4.74 Å². The van der Waals surface area contributed by atoms with Crippen molar-refractivity contribution < 1.29 is 4.74 Å². The number of fused-ring (bicyclic) bond motifs is 1. The number of hydrogen-bond donors (Lipinski definition) is 1. The topological polar surface area (TPSA) is 38.5 Å². The summed E-state index contributed by atoms with van der Waals surface area (Å²) in [7, 11) is 1.67. The molecule has 0 saturated heterocycles. The molecule has 0 bridgehead atoms. The van der Waals surface area contributed by atoms with Crippen LogP contribution in [0.25, 0.3) is 10.8 Å². The molecule has 0 fully saturated rings. The fourth-order valence-electron chi connectivity index (χ4n) is 2.48. The lowest BCUT2D eigenvalue weighted by atomic mass is 10.1. The third-order valence-electron chi connectivity index (χ3n) is 3.63. The maximum atomic E-state index is 6.29. The van der Waals surface area contributed by atoms with Crippen LogP contribution in [0.3, 0.4) is 0 Å². The Morgan fingerprint density at radius 2 is 1.62 bits per heavy atom. The molecule has 0 atom stereocenters. The van der Waals surface area contributed by atoms with Gasteiger partial charge in [0.05, 0.1) is 12.8 Å². The molecule has 0 aromatic heterocycles. The quantitative estimate of drug-likeness (QED) is 0.577. The molecule has 2 N–H and O–H groups in total. The molecule has 0 heterocycles. The number of rotatable bonds is 3. The van der Waals surface area contributed by atoms with E-state index in [2.05, 4.69) is 19.1 Å². The van der Waals surface area contributed by atoms with E-state index in [0.717, 1.165) is 27.9 Å². The predicted octanol–water partition coefficient (Wildman–Crippen LogP) is 4.17. The van der Waals surface area contributed by atoms with E-state index in [1.165, 1.54) is 5.56 Å². The van der Waals surface area contributed by atoms with Crippen LogP contribution in [0, 0.1) is 6.92 Å². The Morgan fingerprint density at radius 3 is 2.33 bits per heavy atom. The molecule has 3 heteroatoms. The molecule has 0 saturated carbocycles. The van der Waals surface area contributed by atoms with E-state index in [-0.39, 0.29) is 0 Å². The third-order valence-corrected chi connectivity index (χ3v) is 3.63. The summed E-state index contributed by atoms with van der Waals surface area (Å²) in [5.41, 5.74) is 2.98. The standard InChI is InChI=1S/C18H18N2O/c1-13-7-10-15(11-8-13)20(19)17-12-9-14-5-3-4-6-16(14)18(17)21-2/h3-12H,19H2,1-2H3. The number of nitrogens with zero attached hydrogens (tertiary/aromatic N) is 1. The minimum atomic E-state index is 0.788. The van der Waals surface area contributed by atoms with Crippen LogP contribution in [0.15, 0.2) is 60.7 Å². The maximum Gasteiger partial charge on any atom is 0.151 e. The highest BCUT2D eigenvalue weighted by Crippen LogP contribution is 2.37. The van der Waals surface area contributed by atoms with Crippen molar-refractivity contribution in [3.63, 3.8) is 0 Å². The van der Waals surface area contributed by atoms with Gasteiger partial charge in [0.2, 0.25) is 0 Å². The third kappa shape index (κ3) is 2.43. The lowest BCUT2D eigenvalue weighted by Gasteiger charge is -2.22. The zero-order chi connectivity index (χ0) is 14.8. The van der Waals surface area contributed by atoms with E-state index < -0.39 is 0 Å². The number of methoxy groups -OCH3 is 1. The van der Waals surface area contributed by atoms with Crippen molar-refractivity contribution in [2.24, 2.45) is 5.84 Å². The van der Waals surface area contributed by atoms with Crippen LogP contribution >= 0.6 is 0 Å². The average Bonchev–Trinajstić information content (AvgIpc) is 2.53. The highest BCUT2D eigenvalue weighted by Gasteiger charge is 2.13. The molecule has 0 amide bonds. The summed E-state index contributed by atoms with van der Waals surface area (Å²) in [5, 5.41) is 3.85. The summed E-state index contributed by atoms with van der Waals surface area (Å²) in [5.74, 6) is 7.08. The van der Waals surface area contributed by atoms with Gasteiger partial charge in [-0.1, -0.05) is 48.0 Å². The van der Waals surface area contributed by atoms with Gasteiger partial charge in [-0.05, 0) is 30.5 Å². The Balaban J connectivity index is 2.13. The Kier molecular flexibility index (Phi) is 3.50. The molecule has 3 aromatic carbocycles. The second-order valence-corrected chi connectivity index (χ2v) is 5.04. The van der Waals surface area contributed by atoms with Gasteiger partial charge in [0.25, 0.3) is 0 Å². The lowest BCUT2D eigenvalue weighted by Crippen LogP contribution is -2.25. The van der Waals surface area contributed by atoms with Crippen LogP contribution in [0.4, 0.5) is 11.4 Å². The zero-order valence-electron chi connectivity index (χ0n) is 12.2. The molecule has 0 radical (unpaired) electrons. The number of anilines is 2. The summed E-state index contributed by atoms with van der Waals surface area (Å²) in [6.45, 7) is 2.06. The summed E-state index contributed by atoms with van der Waals surface area (Å²) < 4.78 is 5.60. The number of hydrazine groups is 1. The number of nitrogens with two attached hydrogens (primary N) is 1. The van der Waals surface area contributed by atoms with Crippen LogP contribution in [0.5, 0.6) is 5.75 Å². The molecule has 106 valence electrons. The average molecular weight is 278 g/mol. The maximum absolute atomic E-state index is 6.29. The molecule has 0 aliphatic heterocycles. The first-order valence-corrected chi connectivity index (χ1v) is 6.88. The number of aryl methyl sites for hydroxylation is 1. The van der Waals surface area contributed by atoms with Crippen LogP contribution in [-0.4, -0.2) is 7.11 Å². The Labute approximate surface area is 124 Å². The summed E-state index contributed by atoms with van der Waals surface area (Å²) in [6.07, 6.45) is 0. The Hall–Kier alpha value is -2.52. The minimum absolute atomic E-state index is 0.788. The highest BCUT2D eigenvalue weighted by molar-refractivity contribution is 5.94. The number of ether oxygens (including phenoxy) is 1. The normalized spacial score (nSPS) is 10.6. The molecule has 0 aliphatic rings. The number of benzene rings is 3. The summed E-state index contributed by atoms with van der Waals surface area (Å²) in [4.78, 5) is 0. The number of hydrogen-bond acceptors (Lipinski definition) is 3. The summed E-state index contributed by atoms with van der Waals surface area (Å²) >= 11 is 0. The van der Waals surface area contributed by atoms with Gasteiger partial charge in [-0.2, -0.15) is 0 Å². The SMILES string of the molecule is COc1c(N(N)c2ccc(C)cc2)ccc2ccccc12. The molecule has 21 heavy (non-hydrogen) atoms. The van der Waals surface area contributed by atoms with Gasteiger partial charge in [-0.25, -0.2) is 5.84 Å². The zero-order valence-corrected chi connectivity index (χ0v) is 12.2. The monoisotopic (exact) mass is 278 g/mol. The summed E-state index contributed by atoms with van der Waals surface area (Å²) in [6, 6.07) is 20.3. The van der Waals surface area contributed by atoms with Gasteiger partial charge in [-0.3, -0.25) is 5.01 Å². The molecule has 0 spiro atoms. The van der Waals surface area contributed by atoms with E-state index in [4.69, 9.17) is 10.6 Å². The van der Waals surface area contributed by atoms with Crippen molar-refractivity contribution in [3.8, 4) is 5.75 Å². The molecule has 3 nitrogen and oxygen atoms in total. The molecular formula is C18H18N2O. The smallest absolute Gasteiger partial charge is 0.151 e. The molecule has 0 unspecified atom stereocenters. The molecule has 0 aliphatic carbocycles. The van der Waals surface area contributed by atoms with Crippen molar-refractivity contribution in [1.82, 2.24) is 0 Å². The van der Waals surface area contributed by atoms with Crippen LogP contribution in [-0.2, 0) is 0 Å². The predicted molar refractivity (Wildman–Crippen MR) is 88.0 cm³/mol. The second-order valence-electron chi connectivity index (χ2n) is 5.04. The van der Waals surface area contributed by atoms with Crippen LogP contribution in [0.2, 0.25) is 0 Å². The Bertz CT molecular complexity index is 766. The van der Waals surface area contributed by atoms with Crippen molar-refractivity contribution in [3.05, 3.63) is 66.2 Å². The highest BCUT2D eigenvalue weighted by atomic mass is 16.5. The fraction of sp³-hybridized carbons (Fsp3) is 0.111. The van der Waals surface area contributed by atoms with Gasteiger partial charge in [0, 0.05) is 5.39 Å². The van der Waals surface area contributed by atoms with E-state index in [9.17, 15) is 0 Å². The lowest BCUT2D eigenvalue weighted by molar-refractivity contribution is 0.420.